The van der Waals surface area contributed by atoms with Crippen molar-refractivity contribution in [3.8, 4) is 5.75 Å². The van der Waals surface area contributed by atoms with E-state index in [-0.39, 0.29) is 17.6 Å². The van der Waals surface area contributed by atoms with Crippen molar-refractivity contribution in [3.05, 3.63) is 62.8 Å². The van der Waals surface area contributed by atoms with Crippen LogP contribution in [0.1, 0.15) is 24.1 Å². The van der Waals surface area contributed by atoms with Gasteiger partial charge in [0.2, 0.25) is 0 Å². The lowest BCUT2D eigenvalue weighted by molar-refractivity contribution is 0.381. The van der Waals surface area contributed by atoms with E-state index >= 15 is 0 Å². The second-order valence-corrected chi connectivity index (χ2v) is 5.91. The van der Waals surface area contributed by atoms with Crippen LogP contribution >= 0.6 is 27.5 Å². The van der Waals surface area contributed by atoms with Crippen LogP contribution in [0, 0.1) is 5.82 Å². The largest absolute Gasteiger partial charge is 0.494 e. The van der Waals surface area contributed by atoms with Gasteiger partial charge in [0, 0.05) is 15.1 Å². The molecule has 2 aromatic carbocycles. The Bertz CT molecular complexity index is 615. The van der Waals surface area contributed by atoms with Crippen LogP contribution in [0.4, 0.5) is 4.39 Å². The van der Waals surface area contributed by atoms with Gasteiger partial charge in [-0.1, -0.05) is 46.6 Å². The van der Waals surface area contributed by atoms with Gasteiger partial charge in [0.15, 0.2) is 11.6 Å². The zero-order valence-electron chi connectivity index (χ0n) is 11.8. The topological polar surface area (TPSA) is 21.3 Å². The highest BCUT2D eigenvalue weighted by atomic mass is 79.9. The SMILES string of the molecule is CCNC(c1cc(Cl)cc(Br)c1)c1cccc(OC)c1F. The summed E-state index contributed by atoms with van der Waals surface area (Å²) in [6, 6.07) is 10.4. The number of ether oxygens (including phenoxy) is 1. The van der Waals surface area contributed by atoms with E-state index in [1.54, 1.807) is 24.3 Å². The molecule has 2 rings (SSSR count). The highest BCUT2D eigenvalue weighted by Gasteiger charge is 2.20. The molecule has 0 saturated heterocycles. The van der Waals surface area contributed by atoms with Crippen molar-refractivity contribution in [2.75, 3.05) is 13.7 Å². The number of methoxy groups -OCH3 is 1. The second-order valence-electron chi connectivity index (χ2n) is 4.56. The van der Waals surface area contributed by atoms with Crippen molar-refractivity contribution in [2.45, 2.75) is 13.0 Å². The molecule has 0 saturated carbocycles. The van der Waals surface area contributed by atoms with Crippen LogP contribution in [-0.4, -0.2) is 13.7 Å². The van der Waals surface area contributed by atoms with Crippen LogP contribution in [0.25, 0.3) is 0 Å². The first-order valence-corrected chi connectivity index (χ1v) is 7.75. The van der Waals surface area contributed by atoms with Crippen LogP contribution in [0.3, 0.4) is 0 Å². The molecule has 0 spiro atoms. The minimum absolute atomic E-state index is 0.233. The molecule has 0 aliphatic heterocycles. The molecular formula is C16H16BrClFNO. The first kappa shape index (κ1) is 16.3. The van der Waals surface area contributed by atoms with Gasteiger partial charge in [0.1, 0.15) is 0 Å². The van der Waals surface area contributed by atoms with E-state index in [1.807, 2.05) is 19.1 Å². The zero-order chi connectivity index (χ0) is 15.4. The Morgan fingerprint density at radius 3 is 2.71 bits per heavy atom. The summed E-state index contributed by atoms with van der Waals surface area (Å²) >= 11 is 9.52. The summed E-state index contributed by atoms with van der Waals surface area (Å²) in [5, 5.41) is 3.89. The summed E-state index contributed by atoms with van der Waals surface area (Å²) < 4.78 is 20.4. The predicted octanol–water partition coefficient (Wildman–Crippen LogP) is 4.95. The Labute approximate surface area is 137 Å². The summed E-state index contributed by atoms with van der Waals surface area (Å²) in [6.07, 6.45) is 0. The fourth-order valence-electron chi connectivity index (χ4n) is 2.26. The summed E-state index contributed by atoms with van der Waals surface area (Å²) in [5.41, 5.74) is 1.42. The Balaban J connectivity index is 2.53. The molecular weight excluding hydrogens is 357 g/mol. The van der Waals surface area contributed by atoms with Crippen LogP contribution in [0.5, 0.6) is 5.75 Å². The molecule has 2 nitrogen and oxygen atoms in total. The van der Waals surface area contributed by atoms with Gasteiger partial charge in [-0.15, -0.1) is 0 Å². The first-order valence-electron chi connectivity index (χ1n) is 6.58. The minimum Gasteiger partial charge on any atom is -0.494 e. The van der Waals surface area contributed by atoms with Crippen LogP contribution in [0.2, 0.25) is 5.02 Å². The van der Waals surface area contributed by atoms with Gasteiger partial charge in [-0.2, -0.15) is 0 Å². The highest BCUT2D eigenvalue weighted by Crippen LogP contribution is 2.32. The molecule has 0 bridgehead atoms. The van der Waals surface area contributed by atoms with Gasteiger partial charge >= 0.3 is 0 Å². The number of rotatable bonds is 5. The van der Waals surface area contributed by atoms with E-state index in [0.29, 0.717) is 17.1 Å². The molecule has 0 radical (unpaired) electrons. The molecule has 21 heavy (non-hydrogen) atoms. The highest BCUT2D eigenvalue weighted by molar-refractivity contribution is 9.10. The average molecular weight is 373 g/mol. The average Bonchev–Trinajstić information content (AvgIpc) is 2.44. The second kappa shape index (κ2) is 7.25. The molecule has 112 valence electrons. The van der Waals surface area contributed by atoms with E-state index in [1.165, 1.54) is 7.11 Å². The Kier molecular flexibility index (Phi) is 5.62. The molecule has 0 aromatic heterocycles. The normalized spacial score (nSPS) is 12.2. The molecule has 0 fully saturated rings. The monoisotopic (exact) mass is 371 g/mol. The number of hydrogen-bond donors (Lipinski definition) is 1. The number of benzene rings is 2. The van der Waals surface area contributed by atoms with E-state index in [4.69, 9.17) is 16.3 Å². The summed E-state index contributed by atoms with van der Waals surface area (Å²) in [4.78, 5) is 0. The quantitative estimate of drug-likeness (QED) is 0.802. The maximum atomic E-state index is 14.5. The lowest BCUT2D eigenvalue weighted by atomic mass is 9.98. The molecule has 1 N–H and O–H groups in total. The molecule has 5 heteroatoms. The number of nitrogens with one attached hydrogen (secondary N) is 1. The van der Waals surface area contributed by atoms with E-state index in [9.17, 15) is 4.39 Å². The maximum absolute atomic E-state index is 14.5. The maximum Gasteiger partial charge on any atom is 0.170 e. The lowest BCUT2D eigenvalue weighted by Crippen LogP contribution is -2.23. The smallest absolute Gasteiger partial charge is 0.170 e. The molecule has 2 aromatic rings. The fraction of sp³-hybridized carbons (Fsp3) is 0.250. The predicted molar refractivity (Wildman–Crippen MR) is 87.6 cm³/mol. The lowest BCUT2D eigenvalue weighted by Gasteiger charge is -2.21. The summed E-state index contributed by atoms with van der Waals surface area (Å²) in [6.45, 7) is 2.68. The third-order valence-corrected chi connectivity index (χ3v) is 3.83. The minimum atomic E-state index is -0.359. The first-order chi connectivity index (χ1) is 10.1. The van der Waals surface area contributed by atoms with E-state index < -0.39 is 0 Å². The van der Waals surface area contributed by atoms with Crippen LogP contribution < -0.4 is 10.1 Å². The van der Waals surface area contributed by atoms with Gasteiger partial charge in [-0.3, -0.25) is 0 Å². The number of hydrogen-bond acceptors (Lipinski definition) is 2. The van der Waals surface area contributed by atoms with Crippen LogP contribution in [0.15, 0.2) is 40.9 Å². The summed E-state index contributed by atoms with van der Waals surface area (Å²) in [7, 11) is 1.46. The van der Waals surface area contributed by atoms with Gasteiger partial charge in [-0.25, -0.2) is 4.39 Å². The third kappa shape index (κ3) is 3.76. The fourth-order valence-corrected chi connectivity index (χ4v) is 3.15. The van der Waals surface area contributed by atoms with Crippen molar-refractivity contribution < 1.29 is 9.13 Å². The van der Waals surface area contributed by atoms with Gasteiger partial charge in [0.05, 0.1) is 13.2 Å². The Morgan fingerprint density at radius 1 is 1.33 bits per heavy atom. The Morgan fingerprint density at radius 2 is 2.10 bits per heavy atom. The van der Waals surface area contributed by atoms with E-state index in [2.05, 4.69) is 21.2 Å². The van der Waals surface area contributed by atoms with Crippen molar-refractivity contribution in [1.29, 1.82) is 0 Å². The molecule has 0 amide bonds. The number of halogens is 3. The molecule has 1 unspecified atom stereocenters. The molecule has 1 atom stereocenters. The Hall–Kier alpha value is -1.10. The van der Waals surface area contributed by atoms with Gasteiger partial charge in [-0.05, 0) is 36.4 Å². The third-order valence-electron chi connectivity index (χ3n) is 3.15. The van der Waals surface area contributed by atoms with Gasteiger partial charge < -0.3 is 10.1 Å². The van der Waals surface area contributed by atoms with Crippen molar-refractivity contribution in [2.24, 2.45) is 0 Å². The van der Waals surface area contributed by atoms with Crippen molar-refractivity contribution in [1.82, 2.24) is 5.32 Å². The standard InChI is InChI=1S/C16H16BrClFNO/c1-3-20-16(10-7-11(17)9-12(18)8-10)13-5-4-6-14(21-2)15(13)19/h4-9,16,20H,3H2,1-2H3. The zero-order valence-corrected chi connectivity index (χ0v) is 14.1. The summed E-state index contributed by atoms with van der Waals surface area (Å²) in [5.74, 6) is -0.126. The van der Waals surface area contributed by atoms with Crippen molar-refractivity contribution >= 4 is 27.5 Å². The van der Waals surface area contributed by atoms with Gasteiger partial charge in [0.25, 0.3) is 0 Å². The van der Waals surface area contributed by atoms with Crippen LogP contribution in [-0.2, 0) is 0 Å². The molecule has 0 heterocycles. The van der Waals surface area contributed by atoms with Crippen molar-refractivity contribution in [3.63, 3.8) is 0 Å². The molecule has 0 aliphatic carbocycles. The van der Waals surface area contributed by atoms with E-state index in [0.717, 1.165) is 10.0 Å². The molecule has 0 aliphatic rings.